The van der Waals surface area contributed by atoms with Crippen molar-refractivity contribution in [3.05, 3.63) is 48.3 Å². The molecule has 5 heteroatoms. The van der Waals surface area contributed by atoms with Crippen LogP contribution < -0.4 is 4.73 Å². The highest BCUT2D eigenvalue weighted by Crippen LogP contribution is 2.41. The monoisotopic (exact) mass is 326 g/mol. The molecule has 1 N–H and O–H groups in total. The van der Waals surface area contributed by atoms with Gasteiger partial charge in [-0.3, -0.25) is 9.89 Å². The number of fused-ring (bicyclic) bond motifs is 1. The van der Waals surface area contributed by atoms with E-state index in [1.165, 1.54) is 0 Å². The van der Waals surface area contributed by atoms with Crippen LogP contribution >= 0.6 is 0 Å². The highest BCUT2D eigenvalue weighted by molar-refractivity contribution is 5.81. The van der Waals surface area contributed by atoms with Crippen molar-refractivity contribution < 1.29 is 14.3 Å². The Kier molecular flexibility index (Phi) is 3.34. The zero-order chi connectivity index (χ0) is 16.9. The first-order valence-corrected chi connectivity index (χ1v) is 8.28. The van der Waals surface area contributed by atoms with Gasteiger partial charge in [0.2, 0.25) is 6.20 Å². The largest absolute Gasteiger partial charge is 0.285 e. The zero-order valence-corrected chi connectivity index (χ0v) is 13.9. The molecule has 0 bridgehead atoms. The number of aromatic nitrogens is 3. The summed E-state index contributed by atoms with van der Waals surface area (Å²) in [5.74, 6) is 0.375. The van der Waals surface area contributed by atoms with Gasteiger partial charge in [-0.15, -0.1) is 0 Å². The number of nitrogens with zero attached hydrogens (tertiary/aromatic N) is 3. The third-order valence-corrected chi connectivity index (χ3v) is 4.79. The van der Waals surface area contributed by atoms with Crippen molar-refractivity contribution in [2.45, 2.75) is 38.9 Å². The lowest BCUT2D eigenvalue weighted by Crippen LogP contribution is -2.38. The van der Waals surface area contributed by atoms with Crippen LogP contribution in [0.3, 0.4) is 0 Å². The third kappa shape index (κ3) is 2.75. The maximum atomic E-state index is 13.6. The molecule has 124 valence electrons. The molecule has 0 amide bonds. The lowest BCUT2D eigenvalue weighted by Gasteiger charge is -2.38. The Morgan fingerprint density at radius 3 is 2.88 bits per heavy atom. The first-order chi connectivity index (χ1) is 11.4. The van der Waals surface area contributed by atoms with Crippen molar-refractivity contribution in [1.82, 2.24) is 9.78 Å². The molecule has 0 aliphatic heterocycles. The molecule has 0 radical (unpaired) electrons. The molecule has 1 saturated carbocycles. The standard InChI is InChI=1S/C19H21FN3O/c1-13-7-16-8-15(3-4-18(16)23(24)11-13)17-5-6-22(21-17)12-14-9-19(2,20)10-14/h3-8,11,14,24H,9-10,12H2,1-2H3/q+1. The minimum Gasteiger partial charge on any atom is -0.285 e. The Morgan fingerprint density at radius 1 is 1.33 bits per heavy atom. The van der Waals surface area contributed by atoms with E-state index in [0.29, 0.717) is 18.8 Å². The molecule has 0 atom stereocenters. The molecule has 1 aromatic carbocycles. The van der Waals surface area contributed by atoms with Gasteiger partial charge in [-0.1, -0.05) is 0 Å². The number of rotatable bonds is 3. The number of hydrogen-bond donors (Lipinski definition) is 1. The molecular formula is C19H21FN3O+. The van der Waals surface area contributed by atoms with Gasteiger partial charge < -0.3 is 0 Å². The summed E-state index contributed by atoms with van der Waals surface area (Å²) in [6.07, 6.45) is 4.88. The molecule has 24 heavy (non-hydrogen) atoms. The highest BCUT2D eigenvalue weighted by atomic mass is 19.1. The molecule has 0 unspecified atom stereocenters. The highest BCUT2D eigenvalue weighted by Gasteiger charge is 2.40. The van der Waals surface area contributed by atoms with Crippen molar-refractivity contribution in [3.63, 3.8) is 0 Å². The molecule has 4 nitrogen and oxygen atoms in total. The average Bonchev–Trinajstić information content (AvgIpc) is 2.93. The van der Waals surface area contributed by atoms with Crippen LogP contribution in [-0.4, -0.2) is 20.7 Å². The van der Waals surface area contributed by atoms with E-state index in [9.17, 15) is 9.60 Å². The molecule has 1 aliphatic rings. The zero-order valence-electron chi connectivity index (χ0n) is 13.9. The smallest absolute Gasteiger partial charge is 0.264 e. The predicted octanol–water partition coefficient (Wildman–Crippen LogP) is 3.67. The van der Waals surface area contributed by atoms with Crippen LogP contribution in [0.4, 0.5) is 4.39 Å². The number of benzene rings is 1. The minimum atomic E-state index is -0.990. The van der Waals surface area contributed by atoms with E-state index in [0.717, 1.165) is 39.0 Å². The molecular weight excluding hydrogens is 305 g/mol. The lowest BCUT2D eigenvalue weighted by molar-refractivity contribution is -0.884. The summed E-state index contributed by atoms with van der Waals surface area (Å²) in [6, 6.07) is 9.91. The van der Waals surface area contributed by atoms with E-state index in [1.54, 1.807) is 13.1 Å². The normalized spacial score (nSPS) is 23.4. The Hall–Kier alpha value is -2.43. The fraction of sp³-hybridized carbons (Fsp3) is 0.368. The van der Waals surface area contributed by atoms with Crippen molar-refractivity contribution in [1.29, 1.82) is 0 Å². The van der Waals surface area contributed by atoms with Crippen LogP contribution in [-0.2, 0) is 6.54 Å². The van der Waals surface area contributed by atoms with Gasteiger partial charge in [0, 0.05) is 34.7 Å². The number of halogens is 1. The minimum absolute atomic E-state index is 0.375. The summed E-state index contributed by atoms with van der Waals surface area (Å²) < 4.78 is 16.6. The Bertz CT molecular complexity index is 908. The van der Waals surface area contributed by atoms with Gasteiger partial charge in [0.25, 0.3) is 5.52 Å². The van der Waals surface area contributed by atoms with Crippen LogP contribution in [0.15, 0.2) is 42.7 Å². The van der Waals surface area contributed by atoms with Crippen molar-refractivity contribution in [2.24, 2.45) is 5.92 Å². The summed E-state index contributed by atoms with van der Waals surface area (Å²) in [4.78, 5) is 0. The first-order valence-electron chi connectivity index (χ1n) is 8.28. The van der Waals surface area contributed by atoms with Gasteiger partial charge in [0.1, 0.15) is 5.67 Å². The van der Waals surface area contributed by atoms with Crippen LogP contribution in [0.2, 0.25) is 0 Å². The molecule has 1 aliphatic carbocycles. The molecule has 3 aromatic rings. The van der Waals surface area contributed by atoms with Crippen LogP contribution in [0.1, 0.15) is 25.3 Å². The Balaban J connectivity index is 1.59. The van der Waals surface area contributed by atoms with E-state index < -0.39 is 5.67 Å². The van der Waals surface area contributed by atoms with Gasteiger partial charge in [0.15, 0.2) is 0 Å². The maximum Gasteiger partial charge on any atom is 0.264 e. The van der Waals surface area contributed by atoms with Gasteiger partial charge in [-0.2, -0.15) is 5.10 Å². The molecule has 2 aromatic heterocycles. The van der Waals surface area contributed by atoms with E-state index in [-0.39, 0.29) is 0 Å². The molecule has 0 spiro atoms. The summed E-state index contributed by atoms with van der Waals surface area (Å²) in [7, 11) is 0. The predicted molar refractivity (Wildman–Crippen MR) is 89.5 cm³/mol. The van der Waals surface area contributed by atoms with Gasteiger partial charge in [-0.05, 0) is 56.9 Å². The van der Waals surface area contributed by atoms with E-state index >= 15 is 0 Å². The van der Waals surface area contributed by atoms with Crippen LogP contribution in [0.5, 0.6) is 0 Å². The van der Waals surface area contributed by atoms with Crippen LogP contribution in [0.25, 0.3) is 22.2 Å². The van der Waals surface area contributed by atoms with Crippen molar-refractivity contribution in [3.8, 4) is 11.3 Å². The van der Waals surface area contributed by atoms with E-state index in [2.05, 4.69) is 5.10 Å². The second-order valence-corrected chi connectivity index (χ2v) is 7.25. The Labute approximate surface area is 140 Å². The van der Waals surface area contributed by atoms with Crippen LogP contribution in [0, 0.1) is 12.8 Å². The summed E-state index contributed by atoms with van der Waals surface area (Å²) in [5, 5.41) is 15.6. The SMILES string of the molecule is Cc1cc2cc(-c3ccn(CC4CC(C)(F)C4)n3)ccc2[n+](O)c1. The second kappa shape index (κ2) is 5.30. The maximum absolute atomic E-state index is 13.6. The number of alkyl halides is 1. The average molecular weight is 326 g/mol. The van der Waals surface area contributed by atoms with E-state index in [1.807, 2.05) is 48.1 Å². The van der Waals surface area contributed by atoms with E-state index in [4.69, 9.17) is 0 Å². The molecule has 1 fully saturated rings. The topological polar surface area (TPSA) is 41.9 Å². The van der Waals surface area contributed by atoms with Crippen molar-refractivity contribution in [2.75, 3.05) is 0 Å². The quantitative estimate of drug-likeness (QED) is 0.589. The van der Waals surface area contributed by atoms with Gasteiger partial charge in [-0.25, -0.2) is 4.39 Å². The first kappa shape index (κ1) is 15.1. The fourth-order valence-electron chi connectivity index (χ4n) is 3.74. The summed E-state index contributed by atoms with van der Waals surface area (Å²) >= 11 is 0. The summed E-state index contributed by atoms with van der Waals surface area (Å²) in [6.45, 7) is 4.39. The molecule has 2 heterocycles. The fourth-order valence-corrected chi connectivity index (χ4v) is 3.74. The molecule has 4 rings (SSSR count). The third-order valence-electron chi connectivity index (χ3n) is 4.79. The number of aryl methyl sites for hydroxylation is 1. The second-order valence-electron chi connectivity index (χ2n) is 7.25. The van der Waals surface area contributed by atoms with Crippen molar-refractivity contribution >= 4 is 10.9 Å². The Morgan fingerprint density at radius 2 is 2.12 bits per heavy atom. The number of pyridine rings is 1. The number of hydrogen-bond acceptors (Lipinski definition) is 2. The van der Waals surface area contributed by atoms with Gasteiger partial charge in [0.05, 0.1) is 11.1 Å². The summed E-state index contributed by atoms with van der Waals surface area (Å²) in [5.41, 5.74) is 2.67. The van der Waals surface area contributed by atoms with Gasteiger partial charge >= 0.3 is 0 Å². The lowest BCUT2D eigenvalue weighted by atomic mass is 9.73. The molecule has 0 saturated heterocycles.